The van der Waals surface area contributed by atoms with Gasteiger partial charge in [-0.15, -0.1) is 0 Å². The molecule has 0 saturated carbocycles. The van der Waals surface area contributed by atoms with Crippen molar-refractivity contribution < 1.29 is 9.13 Å². The van der Waals surface area contributed by atoms with Gasteiger partial charge < -0.3 is 10.5 Å². The zero-order chi connectivity index (χ0) is 15.6. The van der Waals surface area contributed by atoms with Crippen LogP contribution in [0.2, 0.25) is 0 Å². The largest absolute Gasteiger partial charge is 0.496 e. The molecule has 21 heavy (non-hydrogen) atoms. The van der Waals surface area contributed by atoms with Gasteiger partial charge in [0.25, 0.3) is 0 Å². The summed E-state index contributed by atoms with van der Waals surface area (Å²) in [4.78, 5) is 0. The highest BCUT2D eigenvalue weighted by Gasteiger charge is 2.30. The van der Waals surface area contributed by atoms with Crippen molar-refractivity contribution in [2.75, 3.05) is 7.11 Å². The molecule has 2 aromatic carbocycles. The molecule has 1 atom stereocenters. The molecule has 0 aliphatic rings. The number of rotatable bonds is 4. The smallest absolute Gasteiger partial charge is 0.123 e. The average molecular weight is 287 g/mol. The van der Waals surface area contributed by atoms with Crippen LogP contribution in [0.3, 0.4) is 0 Å². The lowest BCUT2D eigenvalue weighted by molar-refractivity contribution is 0.410. The van der Waals surface area contributed by atoms with Crippen LogP contribution in [0.1, 0.15) is 35.6 Å². The molecule has 0 spiro atoms. The van der Waals surface area contributed by atoms with Crippen LogP contribution in [-0.2, 0) is 5.54 Å². The van der Waals surface area contributed by atoms with Crippen LogP contribution in [0.15, 0.2) is 36.4 Å². The molecule has 0 aliphatic carbocycles. The zero-order valence-corrected chi connectivity index (χ0v) is 13.0. The fraction of sp³-hybridized carbons (Fsp3) is 0.333. The molecule has 2 aromatic rings. The second-order valence-corrected chi connectivity index (χ2v) is 5.47. The molecule has 112 valence electrons. The minimum atomic E-state index is -0.705. The molecule has 0 fully saturated rings. The first kappa shape index (κ1) is 15.5. The third-order valence-corrected chi connectivity index (χ3v) is 4.12. The van der Waals surface area contributed by atoms with E-state index in [0.717, 1.165) is 28.0 Å². The Labute approximate surface area is 125 Å². The highest BCUT2D eigenvalue weighted by Crippen LogP contribution is 2.35. The van der Waals surface area contributed by atoms with Crippen LogP contribution in [0, 0.1) is 19.7 Å². The zero-order valence-electron chi connectivity index (χ0n) is 13.0. The molecule has 0 heterocycles. The molecule has 2 nitrogen and oxygen atoms in total. The molecule has 0 saturated heterocycles. The highest BCUT2D eigenvalue weighted by atomic mass is 19.1. The Morgan fingerprint density at radius 2 is 1.86 bits per heavy atom. The van der Waals surface area contributed by atoms with Gasteiger partial charge in [-0.2, -0.15) is 0 Å². The van der Waals surface area contributed by atoms with Gasteiger partial charge >= 0.3 is 0 Å². The SMILES string of the molecule is CCC(N)(c1cccc(F)c1)c1cc(C)c(OC)cc1C. The predicted octanol–water partition coefficient (Wildman–Crippen LogP) is 4.06. The lowest BCUT2D eigenvalue weighted by Crippen LogP contribution is -2.38. The van der Waals surface area contributed by atoms with E-state index >= 15 is 0 Å². The Kier molecular flexibility index (Phi) is 4.33. The Balaban J connectivity index is 2.63. The molecule has 0 bridgehead atoms. The average Bonchev–Trinajstić information content (AvgIpc) is 2.48. The maximum Gasteiger partial charge on any atom is 0.123 e. The maximum atomic E-state index is 13.6. The number of hydrogen-bond donors (Lipinski definition) is 1. The first-order chi connectivity index (χ1) is 9.92. The minimum Gasteiger partial charge on any atom is -0.496 e. The summed E-state index contributed by atoms with van der Waals surface area (Å²) in [7, 11) is 1.66. The first-order valence-electron chi connectivity index (χ1n) is 7.13. The number of aryl methyl sites for hydroxylation is 2. The number of methoxy groups -OCH3 is 1. The van der Waals surface area contributed by atoms with Crippen LogP contribution in [0.5, 0.6) is 5.75 Å². The molecule has 2 rings (SSSR count). The maximum absolute atomic E-state index is 13.6. The van der Waals surface area contributed by atoms with Crippen LogP contribution < -0.4 is 10.5 Å². The van der Waals surface area contributed by atoms with Gasteiger partial charge in [0, 0.05) is 0 Å². The van der Waals surface area contributed by atoms with E-state index in [1.54, 1.807) is 13.2 Å². The van der Waals surface area contributed by atoms with Gasteiger partial charge in [0.15, 0.2) is 0 Å². The molecule has 3 heteroatoms. The van der Waals surface area contributed by atoms with Gasteiger partial charge in [-0.25, -0.2) is 4.39 Å². The van der Waals surface area contributed by atoms with E-state index in [2.05, 4.69) is 0 Å². The molecule has 1 unspecified atom stereocenters. The van der Waals surface area contributed by atoms with E-state index < -0.39 is 5.54 Å². The lowest BCUT2D eigenvalue weighted by atomic mass is 9.79. The summed E-state index contributed by atoms with van der Waals surface area (Å²) >= 11 is 0. The number of ether oxygens (including phenoxy) is 1. The molecular formula is C18H22FNO. The van der Waals surface area contributed by atoms with Crippen molar-refractivity contribution in [2.45, 2.75) is 32.7 Å². The molecular weight excluding hydrogens is 265 g/mol. The molecule has 0 aliphatic heterocycles. The van der Waals surface area contributed by atoms with E-state index in [-0.39, 0.29) is 5.82 Å². The highest BCUT2D eigenvalue weighted by molar-refractivity contribution is 5.48. The third-order valence-electron chi connectivity index (χ3n) is 4.12. The van der Waals surface area contributed by atoms with Gasteiger partial charge in [0.2, 0.25) is 0 Å². The number of benzene rings is 2. The quantitative estimate of drug-likeness (QED) is 0.920. The van der Waals surface area contributed by atoms with Crippen molar-refractivity contribution in [1.82, 2.24) is 0 Å². The van der Waals surface area contributed by atoms with Gasteiger partial charge in [-0.3, -0.25) is 0 Å². The molecule has 2 N–H and O–H groups in total. The first-order valence-corrected chi connectivity index (χ1v) is 7.13. The van der Waals surface area contributed by atoms with Crippen molar-refractivity contribution in [2.24, 2.45) is 5.73 Å². The van der Waals surface area contributed by atoms with E-state index in [1.165, 1.54) is 12.1 Å². The van der Waals surface area contributed by atoms with Crippen molar-refractivity contribution in [1.29, 1.82) is 0 Å². The Bertz CT molecular complexity index is 654. The van der Waals surface area contributed by atoms with Crippen LogP contribution in [0.25, 0.3) is 0 Å². The van der Waals surface area contributed by atoms with E-state index in [0.29, 0.717) is 6.42 Å². The monoisotopic (exact) mass is 287 g/mol. The van der Waals surface area contributed by atoms with Gasteiger partial charge in [0.1, 0.15) is 11.6 Å². The Morgan fingerprint density at radius 1 is 1.14 bits per heavy atom. The standard InChI is InChI=1S/C18H22FNO/c1-5-18(20,14-7-6-8-15(19)11-14)16-9-13(3)17(21-4)10-12(16)2/h6-11H,5,20H2,1-4H3. The van der Waals surface area contributed by atoms with Gasteiger partial charge in [-0.05, 0) is 66.8 Å². The number of nitrogens with two attached hydrogens (primary N) is 1. The van der Waals surface area contributed by atoms with Crippen LogP contribution in [0.4, 0.5) is 4.39 Å². The van der Waals surface area contributed by atoms with Crippen molar-refractivity contribution >= 4 is 0 Å². The summed E-state index contributed by atoms with van der Waals surface area (Å²) in [5.74, 6) is 0.576. The fourth-order valence-corrected chi connectivity index (χ4v) is 2.81. The molecule has 0 radical (unpaired) electrons. The summed E-state index contributed by atoms with van der Waals surface area (Å²) in [6.45, 7) is 6.02. The second kappa shape index (κ2) is 5.86. The van der Waals surface area contributed by atoms with Crippen molar-refractivity contribution in [3.05, 3.63) is 64.5 Å². The van der Waals surface area contributed by atoms with E-state index in [4.69, 9.17) is 10.5 Å². The summed E-state index contributed by atoms with van der Waals surface area (Å²) in [6, 6.07) is 10.6. The third kappa shape index (κ3) is 2.79. The van der Waals surface area contributed by atoms with Crippen LogP contribution >= 0.6 is 0 Å². The Morgan fingerprint density at radius 3 is 2.43 bits per heavy atom. The van der Waals surface area contributed by atoms with Crippen LogP contribution in [-0.4, -0.2) is 7.11 Å². The number of hydrogen-bond acceptors (Lipinski definition) is 2. The topological polar surface area (TPSA) is 35.2 Å². The van der Waals surface area contributed by atoms with E-state index in [1.807, 2.05) is 39.0 Å². The minimum absolute atomic E-state index is 0.265. The van der Waals surface area contributed by atoms with Crippen molar-refractivity contribution in [3.8, 4) is 5.75 Å². The van der Waals surface area contributed by atoms with E-state index in [9.17, 15) is 4.39 Å². The van der Waals surface area contributed by atoms with Crippen molar-refractivity contribution in [3.63, 3.8) is 0 Å². The molecule has 0 amide bonds. The summed E-state index contributed by atoms with van der Waals surface area (Å²) in [6.07, 6.45) is 0.684. The fourth-order valence-electron chi connectivity index (χ4n) is 2.81. The summed E-state index contributed by atoms with van der Waals surface area (Å²) in [5, 5.41) is 0. The lowest BCUT2D eigenvalue weighted by Gasteiger charge is -2.32. The second-order valence-electron chi connectivity index (χ2n) is 5.47. The predicted molar refractivity (Wildman–Crippen MR) is 84.1 cm³/mol. The summed E-state index contributed by atoms with van der Waals surface area (Å²) in [5.41, 5.74) is 9.83. The van der Waals surface area contributed by atoms with Gasteiger partial charge in [-0.1, -0.05) is 19.1 Å². The normalized spacial score (nSPS) is 13.8. The summed E-state index contributed by atoms with van der Waals surface area (Å²) < 4.78 is 18.9. The Hall–Kier alpha value is -1.87. The molecule has 0 aromatic heterocycles. The van der Waals surface area contributed by atoms with Gasteiger partial charge in [0.05, 0.1) is 12.6 Å². The number of halogens is 1.